The van der Waals surface area contributed by atoms with E-state index in [1.165, 1.54) is 0 Å². The van der Waals surface area contributed by atoms with Crippen molar-refractivity contribution in [3.8, 4) is 0 Å². The first kappa shape index (κ1) is 6.54. The first-order valence-electron chi connectivity index (χ1n) is 3.42. The Morgan fingerprint density at radius 2 is 2.00 bits per heavy atom. The number of hydrogen-bond acceptors (Lipinski definition) is 4. The van der Waals surface area contributed by atoms with Gasteiger partial charge in [-0.15, -0.1) is 0 Å². The molecule has 2 heterocycles. The number of ether oxygens (including phenoxy) is 2. The van der Waals surface area contributed by atoms with Crippen LogP contribution >= 0.6 is 0 Å². The summed E-state index contributed by atoms with van der Waals surface area (Å²) in [5.74, 6) is 0. The Labute approximate surface area is 58.4 Å². The van der Waals surface area contributed by atoms with E-state index in [-0.39, 0.29) is 6.10 Å². The van der Waals surface area contributed by atoms with Gasteiger partial charge in [-0.2, -0.15) is 0 Å². The fraction of sp³-hybridized carbons (Fsp3) is 1.00. The largest absolute Gasteiger partial charge is 0.387 e. The second-order valence-electron chi connectivity index (χ2n) is 2.68. The van der Waals surface area contributed by atoms with Crippen molar-refractivity contribution in [3.63, 3.8) is 0 Å². The van der Waals surface area contributed by atoms with Crippen LogP contribution in [0.1, 0.15) is 6.42 Å². The van der Waals surface area contributed by atoms with Gasteiger partial charge in [0.15, 0.2) is 6.29 Å². The molecule has 2 fully saturated rings. The molecule has 2 aliphatic rings. The second kappa shape index (κ2) is 2.17. The molecule has 0 spiro atoms. The van der Waals surface area contributed by atoms with Crippen molar-refractivity contribution < 1.29 is 19.7 Å². The van der Waals surface area contributed by atoms with Gasteiger partial charge in [0, 0.05) is 0 Å². The van der Waals surface area contributed by atoms with Gasteiger partial charge in [-0.25, -0.2) is 0 Å². The lowest BCUT2D eigenvalue weighted by Gasteiger charge is -2.20. The van der Waals surface area contributed by atoms with Crippen molar-refractivity contribution in [2.45, 2.75) is 31.0 Å². The molecule has 2 aliphatic heterocycles. The summed E-state index contributed by atoms with van der Waals surface area (Å²) in [4.78, 5) is 0. The minimum atomic E-state index is -0.854. The highest BCUT2D eigenvalue weighted by atomic mass is 16.7. The Hall–Kier alpha value is -0.160. The van der Waals surface area contributed by atoms with E-state index in [0.29, 0.717) is 13.0 Å². The molecule has 0 aromatic carbocycles. The third-order valence-electron chi connectivity index (χ3n) is 2.00. The lowest BCUT2D eigenvalue weighted by Crippen LogP contribution is -2.30. The zero-order valence-electron chi connectivity index (χ0n) is 5.43. The molecule has 0 saturated carbocycles. The number of rotatable bonds is 0. The molecule has 2 saturated heterocycles. The maximum absolute atomic E-state index is 9.21. The van der Waals surface area contributed by atoms with E-state index >= 15 is 0 Å². The number of hydrogen-bond donors (Lipinski definition) is 2. The molecule has 4 atom stereocenters. The van der Waals surface area contributed by atoms with Gasteiger partial charge in [-0.1, -0.05) is 0 Å². The molecule has 0 aliphatic carbocycles. The third-order valence-corrected chi connectivity index (χ3v) is 2.00. The molecule has 2 N–H and O–H groups in total. The van der Waals surface area contributed by atoms with E-state index in [4.69, 9.17) is 14.6 Å². The summed E-state index contributed by atoms with van der Waals surface area (Å²) in [6.45, 7) is 0.573. The summed E-state index contributed by atoms with van der Waals surface area (Å²) in [7, 11) is 0. The molecule has 4 nitrogen and oxygen atoms in total. The first-order valence-corrected chi connectivity index (χ1v) is 3.42. The zero-order chi connectivity index (χ0) is 7.14. The SMILES string of the molecule is OC1C2CCOC(O2)C1O. The number of aliphatic hydroxyl groups is 2. The van der Waals surface area contributed by atoms with Crippen molar-refractivity contribution in [2.75, 3.05) is 6.61 Å². The van der Waals surface area contributed by atoms with E-state index in [9.17, 15) is 5.11 Å². The van der Waals surface area contributed by atoms with Crippen LogP contribution in [0.4, 0.5) is 0 Å². The summed E-state index contributed by atoms with van der Waals surface area (Å²) >= 11 is 0. The molecule has 4 heteroatoms. The smallest absolute Gasteiger partial charge is 0.186 e. The topological polar surface area (TPSA) is 58.9 Å². The van der Waals surface area contributed by atoms with Crippen molar-refractivity contribution in [2.24, 2.45) is 0 Å². The van der Waals surface area contributed by atoms with Gasteiger partial charge in [0.2, 0.25) is 0 Å². The zero-order valence-corrected chi connectivity index (χ0v) is 5.43. The summed E-state index contributed by atoms with van der Waals surface area (Å²) in [5, 5.41) is 18.4. The molecular weight excluding hydrogens is 136 g/mol. The molecule has 0 aromatic heterocycles. The highest BCUT2D eigenvalue weighted by Crippen LogP contribution is 2.28. The van der Waals surface area contributed by atoms with E-state index in [0.717, 1.165) is 0 Å². The van der Waals surface area contributed by atoms with Gasteiger partial charge in [-0.3, -0.25) is 0 Å². The first-order chi connectivity index (χ1) is 4.79. The van der Waals surface area contributed by atoms with Gasteiger partial charge in [0.1, 0.15) is 12.2 Å². The monoisotopic (exact) mass is 146 g/mol. The van der Waals surface area contributed by atoms with Crippen molar-refractivity contribution >= 4 is 0 Å². The molecular formula is C6H10O4. The van der Waals surface area contributed by atoms with E-state index < -0.39 is 18.5 Å². The fourth-order valence-electron chi connectivity index (χ4n) is 1.39. The highest BCUT2D eigenvalue weighted by molar-refractivity contribution is 4.88. The molecule has 10 heavy (non-hydrogen) atoms. The van der Waals surface area contributed by atoms with Crippen LogP contribution in [0, 0.1) is 0 Å². The van der Waals surface area contributed by atoms with Crippen molar-refractivity contribution in [3.05, 3.63) is 0 Å². The summed E-state index contributed by atoms with van der Waals surface area (Å²) in [6.07, 6.45) is -1.74. The highest BCUT2D eigenvalue weighted by Gasteiger charge is 2.45. The van der Waals surface area contributed by atoms with Crippen LogP contribution in [0.15, 0.2) is 0 Å². The molecule has 58 valence electrons. The van der Waals surface area contributed by atoms with Crippen LogP contribution in [0.25, 0.3) is 0 Å². The Morgan fingerprint density at radius 3 is 2.60 bits per heavy atom. The Morgan fingerprint density at radius 1 is 1.20 bits per heavy atom. The van der Waals surface area contributed by atoms with Gasteiger partial charge in [-0.05, 0) is 6.42 Å². The van der Waals surface area contributed by atoms with Crippen LogP contribution in [-0.2, 0) is 9.47 Å². The van der Waals surface area contributed by atoms with Crippen LogP contribution in [-0.4, -0.2) is 41.4 Å². The standard InChI is InChI=1S/C6H10O4/c7-4-3-1-2-9-6(10-3)5(4)8/h3-8H,1-2H2. The minimum absolute atomic E-state index is 0.214. The van der Waals surface area contributed by atoms with Crippen LogP contribution in [0.2, 0.25) is 0 Å². The average molecular weight is 146 g/mol. The summed E-state index contributed by atoms with van der Waals surface area (Å²) in [6, 6.07) is 0. The molecule has 0 radical (unpaired) electrons. The van der Waals surface area contributed by atoms with E-state index in [2.05, 4.69) is 0 Å². The molecule has 4 unspecified atom stereocenters. The maximum Gasteiger partial charge on any atom is 0.186 e. The molecule has 0 aromatic rings. The molecule has 2 bridgehead atoms. The Balaban J connectivity index is 2.13. The second-order valence-corrected chi connectivity index (χ2v) is 2.68. The van der Waals surface area contributed by atoms with Crippen LogP contribution in [0.3, 0.4) is 0 Å². The average Bonchev–Trinajstić information content (AvgIpc) is 2.17. The van der Waals surface area contributed by atoms with Crippen LogP contribution in [0.5, 0.6) is 0 Å². The molecule has 0 amide bonds. The van der Waals surface area contributed by atoms with E-state index in [1.807, 2.05) is 0 Å². The normalized spacial score (nSPS) is 53.4. The van der Waals surface area contributed by atoms with Gasteiger partial charge >= 0.3 is 0 Å². The predicted octanol–water partition coefficient (Wildman–Crippen LogP) is -1.15. The van der Waals surface area contributed by atoms with Crippen molar-refractivity contribution in [1.82, 2.24) is 0 Å². The maximum atomic E-state index is 9.21. The van der Waals surface area contributed by atoms with Crippen LogP contribution < -0.4 is 0 Å². The fourth-order valence-corrected chi connectivity index (χ4v) is 1.39. The third kappa shape index (κ3) is 0.769. The van der Waals surface area contributed by atoms with Gasteiger partial charge in [0.25, 0.3) is 0 Å². The van der Waals surface area contributed by atoms with Gasteiger partial charge in [0.05, 0.1) is 12.7 Å². The number of fused-ring (bicyclic) bond motifs is 2. The summed E-state index contributed by atoms with van der Waals surface area (Å²) in [5.41, 5.74) is 0. The van der Waals surface area contributed by atoms with E-state index in [1.54, 1.807) is 0 Å². The lowest BCUT2D eigenvalue weighted by atomic mass is 10.1. The van der Waals surface area contributed by atoms with Gasteiger partial charge < -0.3 is 19.7 Å². The predicted molar refractivity (Wildman–Crippen MR) is 31.2 cm³/mol. The summed E-state index contributed by atoms with van der Waals surface area (Å²) < 4.78 is 10.1. The minimum Gasteiger partial charge on any atom is -0.387 e. The Kier molecular flexibility index (Phi) is 1.42. The number of aliphatic hydroxyl groups excluding tert-OH is 2. The quantitative estimate of drug-likeness (QED) is 0.453. The lowest BCUT2D eigenvalue weighted by molar-refractivity contribution is -0.197. The Bertz CT molecular complexity index is 120. The van der Waals surface area contributed by atoms with Crippen molar-refractivity contribution in [1.29, 1.82) is 0 Å². The molecule has 2 rings (SSSR count).